The molecule has 0 fully saturated rings. The SMILES string of the molecule is CCCCCCCCCCC(C(=O)OCCCCCCCC)S(=O)(=O)O. The minimum absolute atomic E-state index is 0.142. The predicted octanol–water partition coefficient (Wildman–Crippen LogP) is 5.68. The second kappa shape index (κ2) is 16.5. The Morgan fingerprint density at radius 3 is 1.65 bits per heavy atom. The zero-order valence-corrected chi connectivity index (χ0v) is 17.7. The summed E-state index contributed by atoms with van der Waals surface area (Å²) in [6.07, 6.45) is 15.1. The zero-order chi connectivity index (χ0) is 19.7. The molecule has 0 saturated carbocycles. The van der Waals surface area contributed by atoms with Crippen LogP contribution in [0.5, 0.6) is 0 Å². The average Bonchev–Trinajstić information content (AvgIpc) is 2.58. The van der Waals surface area contributed by atoms with Gasteiger partial charge in [0.15, 0.2) is 5.25 Å². The maximum absolute atomic E-state index is 12.0. The van der Waals surface area contributed by atoms with Crippen molar-refractivity contribution in [3.63, 3.8) is 0 Å². The molecule has 0 aromatic rings. The third-order valence-corrected chi connectivity index (χ3v) is 5.83. The van der Waals surface area contributed by atoms with Crippen LogP contribution in [0.3, 0.4) is 0 Å². The molecule has 26 heavy (non-hydrogen) atoms. The first kappa shape index (κ1) is 25.4. The summed E-state index contributed by atoms with van der Waals surface area (Å²) in [6.45, 7) is 4.57. The van der Waals surface area contributed by atoms with Gasteiger partial charge in [-0.1, -0.05) is 97.3 Å². The monoisotopic (exact) mass is 392 g/mol. The van der Waals surface area contributed by atoms with Gasteiger partial charge in [-0.05, 0) is 12.8 Å². The van der Waals surface area contributed by atoms with Crippen LogP contribution in [0.25, 0.3) is 0 Å². The first-order valence-electron chi connectivity index (χ1n) is 10.6. The molecule has 156 valence electrons. The van der Waals surface area contributed by atoms with Crippen LogP contribution in [0.1, 0.15) is 110 Å². The molecule has 5 nitrogen and oxygen atoms in total. The van der Waals surface area contributed by atoms with Crippen molar-refractivity contribution in [1.82, 2.24) is 0 Å². The number of carbonyl (C=O) groups is 1. The van der Waals surface area contributed by atoms with E-state index in [2.05, 4.69) is 13.8 Å². The van der Waals surface area contributed by atoms with E-state index in [1.54, 1.807) is 0 Å². The smallest absolute Gasteiger partial charge is 0.326 e. The molecular formula is C20H40O5S. The normalized spacial score (nSPS) is 12.9. The van der Waals surface area contributed by atoms with Crippen molar-refractivity contribution in [2.75, 3.05) is 6.61 Å². The van der Waals surface area contributed by atoms with E-state index in [0.717, 1.165) is 38.5 Å². The molecule has 0 spiro atoms. The van der Waals surface area contributed by atoms with Gasteiger partial charge < -0.3 is 4.74 Å². The van der Waals surface area contributed by atoms with Crippen molar-refractivity contribution in [2.24, 2.45) is 0 Å². The highest BCUT2D eigenvalue weighted by molar-refractivity contribution is 7.87. The first-order chi connectivity index (χ1) is 12.4. The third-order valence-electron chi connectivity index (χ3n) is 4.68. The fourth-order valence-corrected chi connectivity index (χ4v) is 3.78. The molecule has 1 atom stereocenters. The van der Waals surface area contributed by atoms with Gasteiger partial charge in [0.25, 0.3) is 10.1 Å². The van der Waals surface area contributed by atoms with E-state index in [0.29, 0.717) is 6.42 Å². The van der Waals surface area contributed by atoms with E-state index in [-0.39, 0.29) is 13.0 Å². The van der Waals surface area contributed by atoms with Crippen molar-refractivity contribution >= 4 is 16.1 Å². The number of rotatable bonds is 18. The van der Waals surface area contributed by atoms with Gasteiger partial charge in [-0.2, -0.15) is 8.42 Å². The van der Waals surface area contributed by atoms with E-state index in [1.165, 1.54) is 44.9 Å². The summed E-state index contributed by atoms with van der Waals surface area (Å²) in [5, 5.41) is -1.43. The fourth-order valence-electron chi connectivity index (χ4n) is 3.00. The molecule has 0 rings (SSSR count). The summed E-state index contributed by atoms with van der Waals surface area (Å²) < 4.78 is 37.3. The quantitative estimate of drug-likeness (QED) is 0.184. The Morgan fingerprint density at radius 1 is 0.769 bits per heavy atom. The number of unbranched alkanes of at least 4 members (excludes halogenated alkanes) is 12. The van der Waals surface area contributed by atoms with Crippen LogP contribution in [0.15, 0.2) is 0 Å². The first-order valence-corrected chi connectivity index (χ1v) is 12.1. The molecule has 0 aliphatic rings. The molecule has 0 aliphatic heterocycles. The lowest BCUT2D eigenvalue weighted by Gasteiger charge is -2.13. The Morgan fingerprint density at radius 2 is 1.19 bits per heavy atom. The zero-order valence-electron chi connectivity index (χ0n) is 16.9. The lowest BCUT2D eigenvalue weighted by Crippen LogP contribution is -2.32. The highest BCUT2D eigenvalue weighted by Gasteiger charge is 2.31. The molecule has 1 unspecified atom stereocenters. The summed E-state index contributed by atoms with van der Waals surface area (Å²) in [5.74, 6) is -0.802. The van der Waals surface area contributed by atoms with Crippen molar-refractivity contribution in [3.8, 4) is 0 Å². The highest BCUT2D eigenvalue weighted by atomic mass is 32.2. The molecule has 0 heterocycles. The Hall–Kier alpha value is -0.620. The van der Waals surface area contributed by atoms with Crippen molar-refractivity contribution < 1.29 is 22.5 Å². The Bertz CT molecular complexity index is 433. The maximum Gasteiger partial charge on any atom is 0.326 e. The van der Waals surface area contributed by atoms with Gasteiger partial charge in [-0.15, -0.1) is 0 Å². The molecule has 0 bridgehead atoms. The summed E-state index contributed by atoms with van der Waals surface area (Å²) in [7, 11) is -4.40. The van der Waals surface area contributed by atoms with Gasteiger partial charge in [0.05, 0.1) is 6.61 Å². The molecule has 0 aromatic heterocycles. The minimum atomic E-state index is -4.40. The van der Waals surface area contributed by atoms with Crippen LogP contribution < -0.4 is 0 Å². The van der Waals surface area contributed by atoms with E-state index in [1.807, 2.05) is 0 Å². The number of carbonyl (C=O) groups excluding carboxylic acids is 1. The Kier molecular flexibility index (Phi) is 16.2. The molecular weight excluding hydrogens is 352 g/mol. The minimum Gasteiger partial charge on any atom is -0.465 e. The largest absolute Gasteiger partial charge is 0.465 e. The Labute approximate surface area is 161 Å². The highest BCUT2D eigenvalue weighted by Crippen LogP contribution is 2.15. The second-order valence-electron chi connectivity index (χ2n) is 7.20. The molecule has 1 N–H and O–H groups in total. The van der Waals surface area contributed by atoms with Gasteiger partial charge in [0.1, 0.15) is 0 Å². The topological polar surface area (TPSA) is 80.7 Å². The van der Waals surface area contributed by atoms with Gasteiger partial charge in [0.2, 0.25) is 0 Å². The van der Waals surface area contributed by atoms with Crippen LogP contribution in [0.4, 0.5) is 0 Å². The predicted molar refractivity (Wildman–Crippen MR) is 107 cm³/mol. The number of ether oxygens (including phenoxy) is 1. The maximum atomic E-state index is 12.0. The average molecular weight is 393 g/mol. The van der Waals surface area contributed by atoms with Crippen molar-refractivity contribution in [1.29, 1.82) is 0 Å². The van der Waals surface area contributed by atoms with Crippen LogP contribution in [0.2, 0.25) is 0 Å². The summed E-state index contributed by atoms with van der Waals surface area (Å²) in [6, 6.07) is 0. The molecule has 0 radical (unpaired) electrons. The second-order valence-corrected chi connectivity index (χ2v) is 8.80. The molecule has 0 aromatic carbocycles. The molecule has 0 saturated heterocycles. The van der Waals surface area contributed by atoms with Crippen LogP contribution >= 0.6 is 0 Å². The van der Waals surface area contributed by atoms with Gasteiger partial charge in [-0.3, -0.25) is 9.35 Å². The number of hydrogen-bond acceptors (Lipinski definition) is 4. The summed E-state index contributed by atoms with van der Waals surface area (Å²) in [5.41, 5.74) is 0. The third kappa shape index (κ3) is 14.5. The van der Waals surface area contributed by atoms with E-state index >= 15 is 0 Å². The van der Waals surface area contributed by atoms with E-state index in [9.17, 15) is 17.8 Å². The van der Waals surface area contributed by atoms with Crippen LogP contribution in [0, 0.1) is 0 Å². The van der Waals surface area contributed by atoms with Gasteiger partial charge >= 0.3 is 5.97 Å². The molecule has 6 heteroatoms. The standard InChI is InChI=1S/C20H40O5S/c1-3-5-7-9-11-12-13-15-17-19(26(22,23)24)20(21)25-18-16-14-10-8-6-4-2/h19H,3-18H2,1-2H3,(H,22,23,24). The number of hydrogen-bond donors (Lipinski definition) is 1. The summed E-state index contributed by atoms with van der Waals surface area (Å²) in [4.78, 5) is 12.0. The summed E-state index contributed by atoms with van der Waals surface area (Å²) >= 11 is 0. The van der Waals surface area contributed by atoms with E-state index < -0.39 is 21.3 Å². The van der Waals surface area contributed by atoms with Crippen LogP contribution in [-0.2, 0) is 19.6 Å². The lowest BCUT2D eigenvalue weighted by atomic mass is 10.1. The van der Waals surface area contributed by atoms with E-state index in [4.69, 9.17) is 4.74 Å². The van der Waals surface area contributed by atoms with Crippen molar-refractivity contribution in [2.45, 2.75) is 115 Å². The lowest BCUT2D eigenvalue weighted by molar-refractivity contribution is -0.143. The number of esters is 1. The fraction of sp³-hybridized carbons (Fsp3) is 0.950. The molecule has 0 amide bonds. The van der Waals surface area contributed by atoms with Crippen molar-refractivity contribution in [3.05, 3.63) is 0 Å². The van der Waals surface area contributed by atoms with Crippen LogP contribution in [-0.4, -0.2) is 30.8 Å². The van der Waals surface area contributed by atoms with Gasteiger partial charge in [0, 0.05) is 0 Å². The van der Waals surface area contributed by atoms with Gasteiger partial charge in [-0.25, -0.2) is 0 Å². The Balaban J connectivity index is 3.95. The molecule has 0 aliphatic carbocycles.